The average Bonchev–Trinajstić information content (AvgIpc) is 3.87. The molecule has 238 valence electrons. The number of rotatable bonds is 2. The highest BCUT2D eigenvalue weighted by molar-refractivity contribution is 7.34. The first kappa shape index (κ1) is 22.6. The molecule has 0 aliphatic carbocycles. The van der Waals surface area contributed by atoms with Crippen molar-refractivity contribution in [3.8, 4) is 11.4 Å². The molecular formula is C46H30BN3S. The topological polar surface area (TPSA) is 13.1 Å². The lowest BCUT2D eigenvalue weighted by Crippen LogP contribution is -2.59. The van der Waals surface area contributed by atoms with Gasteiger partial charge in [-0.3, -0.25) is 0 Å². The summed E-state index contributed by atoms with van der Waals surface area (Å²) >= 11 is 1.71. The Morgan fingerprint density at radius 1 is 0.510 bits per heavy atom. The molecule has 0 fully saturated rings. The van der Waals surface area contributed by atoms with Crippen molar-refractivity contribution in [2.24, 2.45) is 0 Å². The number of hydrogen-bond acceptors (Lipinski definition) is 2. The second kappa shape index (κ2) is 9.81. The van der Waals surface area contributed by atoms with E-state index in [4.69, 9.17) is 8.22 Å². The maximum atomic E-state index is 8.39. The van der Waals surface area contributed by atoms with E-state index < -0.39 is 13.7 Å². The van der Waals surface area contributed by atoms with E-state index in [1.807, 2.05) is 24.3 Å². The second-order valence-electron chi connectivity index (χ2n) is 13.7. The molecule has 0 amide bonds. The Bertz CT molecular complexity index is 3340. The predicted octanol–water partition coefficient (Wildman–Crippen LogP) is 10.3. The summed E-state index contributed by atoms with van der Waals surface area (Å²) in [6, 6.07) is 49.4. The van der Waals surface area contributed by atoms with Crippen LogP contribution in [0.15, 0.2) is 146 Å². The van der Waals surface area contributed by atoms with E-state index in [9.17, 15) is 0 Å². The van der Waals surface area contributed by atoms with E-state index in [0.717, 1.165) is 65.3 Å². The van der Waals surface area contributed by atoms with Gasteiger partial charge in [0.1, 0.15) is 0 Å². The van der Waals surface area contributed by atoms with Crippen molar-refractivity contribution in [3.63, 3.8) is 0 Å². The fraction of sp³-hybridized carbons (Fsp3) is 0.0435. The van der Waals surface area contributed by atoms with Crippen LogP contribution in [0.4, 0.5) is 17.1 Å². The summed E-state index contributed by atoms with van der Waals surface area (Å²) in [6.45, 7) is -4.76. The third-order valence-corrected chi connectivity index (χ3v) is 12.3. The van der Waals surface area contributed by atoms with Gasteiger partial charge in [0, 0.05) is 67.4 Å². The van der Waals surface area contributed by atoms with E-state index in [0.29, 0.717) is 0 Å². The van der Waals surface area contributed by atoms with Gasteiger partial charge in [-0.1, -0.05) is 90.0 Å². The third-order valence-electron chi connectivity index (χ3n) is 11.1. The molecule has 0 saturated carbocycles. The van der Waals surface area contributed by atoms with Gasteiger partial charge in [0.15, 0.2) is 0 Å². The van der Waals surface area contributed by atoms with E-state index in [1.165, 1.54) is 32.5 Å². The Balaban J connectivity index is 1.30. The summed E-state index contributed by atoms with van der Waals surface area (Å²) in [5.74, 6) is 0. The normalized spacial score (nSPS) is 15.5. The number of anilines is 3. The summed E-state index contributed by atoms with van der Waals surface area (Å²) in [5, 5.41) is 5.58. The van der Waals surface area contributed by atoms with Crippen LogP contribution in [-0.4, -0.2) is 15.8 Å². The van der Waals surface area contributed by atoms with Gasteiger partial charge in [0.05, 0.1) is 27.8 Å². The van der Waals surface area contributed by atoms with Crippen LogP contribution in [0.1, 0.15) is 19.4 Å². The Labute approximate surface area is 307 Å². The summed E-state index contributed by atoms with van der Waals surface area (Å²) in [6.07, 6.45) is 0. The smallest absolute Gasteiger partial charge is 0.267 e. The van der Waals surface area contributed by atoms with E-state index in [-0.39, 0.29) is 17.8 Å². The first-order valence-corrected chi connectivity index (χ1v) is 18.0. The summed E-state index contributed by atoms with van der Waals surface area (Å²) in [7, 11) is 0. The molecule has 0 spiro atoms. The largest absolute Gasteiger partial charge is 0.310 e. The van der Waals surface area contributed by atoms with Crippen molar-refractivity contribution in [3.05, 3.63) is 157 Å². The number of hydrogen-bond donors (Lipinski definition) is 0. The van der Waals surface area contributed by atoms with Crippen LogP contribution in [0, 0.1) is 13.7 Å². The van der Waals surface area contributed by atoms with Crippen molar-refractivity contribution in [1.29, 1.82) is 0 Å². The molecule has 0 radical (unpaired) electrons. The number of para-hydroxylation sites is 3. The van der Waals surface area contributed by atoms with Crippen LogP contribution >= 0.6 is 11.3 Å². The molecule has 0 bridgehead atoms. The fourth-order valence-electron chi connectivity index (χ4n) is 9.14. The minimum atomic E-state index is -2.30. The van der Waals surface area contributed by atoms with Gasteiger partial charge in [-0.15, -0.1) is 11.3 Å². The minimum absolute atomic E-state index is 0.215. The van der Waals surface area contributed by atoms with Gasteiger partial charge in [-0.05, 0) is 91.4 Å². The zero-order chi connectivity index (χ0) is 38.5. The molecule has 10 aromatic rings. The molecule has 0 saturated heterocycles. The maximum absolute atomic E-state index is 8.39. The van der Waals surface area contributed by atoms with Crippen molar-refractivity contribution >= 4 is 105 Å². The molecule has 5 heterocycles. The molecular weight excluding hydrogens is 637 g/mol. The highest BCUT2D eigenvalue weighted by Gasteiger charge is 2.45. The number of thiophene rings is 1. The summed E-state index contributed by atoms with van der Waals surface area (Å²) in [4.78, 5) is 2.23. The van der Waals surface area contributed by atoms with Gasteiger partial charge in [-0.2, -0.15) is 0 Å². The highest BCUT2D eigenvalue weighted by atomic mass is 32.1. The first-order chi connectivity index (χ1) is 27.6. The molecule has 5 heteroatoms. The van der Waals surface area contributed by atoms with E-state index >= 15 is 0 Å². The quantitative estimate of drug-likeness (QED) is 0.167. The Kier molecular flexibility index (Phi) is 4.35. The number of aromatic nitrogens is 2. The number of nitrogens with zero attached hydrogens (tertiary/aromatic N) is 3. The number of benzene rings is 7. The van der Waals surface area contributed by atoms with Gasteiger partial charge in [0.25, 0.3) is 6.71 Å². The lowest BCUT2D eigenvalue weighted by Gasteiger charge is -2.39. The first-order valence-electron chi connectivity index (χ1n) is 20.2. The van der Waals surface area contributed by atoms with Crippen molar-refractivity contribution in [2.45, 2.75) is 13.7 Å². The molecule has 2 aliphatic heterocycles. The van der Waals surface area contributed by atoms with Crippen LogP contribution in [0.5, 0.6) is 0 Å². The van der Waals surface area contributed by atoms with Crippen LogP contribution in [0.3, 0.4) is 0 Å². The monoisotopic (exact) mass is 673 g/mol. The highest BCUT2D eigenvalue weighted by Crippen LogP contribution is 2.47. The molecule has 2 aliphatic rings. The van der Waals surface area contributed by atoms with Crippen LogP contribution in [-0.2, 0) is 0 Å². The van der Waals surface area contributed by atoms with Gasteiger partial charge >= 0.3 is 0 Å². The molecule has 51 heavy (non-hydrogen) atoms. The SMILES string of the molecule is [2H]C([2H])([2H])c1ccc(N2c3cccc4c3B(c3sc5ccc(C([2H])([2H])[2H])cc5c32)c2c3c(cc5c6ccccc6n-4c25)c2ccccc2n3-c2ccccc2)cc1. The van der Waals surface area contributed by atoms with Crippen LogP contribution in [0.25, 0.3) is 65.1 Å². The standard InChI is InChI=1S/C46H30BN3S/c1-27-19-22-30(23-20-27)49-38-17-10-18-39-41(38)47(46-45(49)35-25-28(2)21-24-40(35)51-46)42-43-33(26-34-32-14-7-9-16-37(32)50(39)44(34)42)31-13-6-8-15-36(31)48(43)29-11-4-3-5-12-29/h3-26H,1-2H3/i1D3,2D3. The van der Waals surface area contributed by atoms with Crippen molar-refractivity contribution in [1.82, 2.24) is 9.13 Å². The van der Waals surface area contributed by atoms with E-state index in [1.54, 1.807) is 29.5 Å². The Hall–Kier alpha value is -6.04. The molecule has 0 unspecified atom stereocenters. The molecule has 3 aromatic heterocycles. The van der Waals surface area contributed by atoms with Gasteiger partial charge in [0.2, 0.25) is 0 Å². The molecule has 0 N–H and O–H groups in total. The molecule has 7 aromatic carbocycles. The maximum Gasteiger partial charge on any atom is 0.267 e. The second-order valence-corrected chi connectivity index (χ2v) is 14.8. The number of aryl methyl sites for hydroxylation is 2. The van der Waals surface area contributed by atoms with Gasteiger partial charge in [-0.25, -0.2) is 0 Å². The lowest BCUT2D eigenvalue weighted by molar-refractivity contribution is 1.17. The third kappa shape index (κ3) is 3.49. The molecule has 3 nitrogen and oxygen atoms in total. The van der Waals surface area contributed by atoms with Crippen LogP contribution < -0.4 is 20.6 Å². The summed E-state index contributed by atoms with van der Waals surface area (Å²) in [5.41, 5.74) is 12.3. The predicted molar refractivity (Wildman–Crippen MR) is 219 cm³/mol. The molecule has 0 atom stereocenters. The minimum Gasteiger partial charge on any atom is -0.310 e. The zero-order valence-electron chi connectivity index (χ0n) is 33.2. The Morgan fingerprint density at radius 3 is 1.94 bits per heavy atom. The Morgan fingerprint density at radius 2 is 1.18 bits per heavy atom. The van der Waals surface area contributed by atoms with Crippen LogP contribution in [0.2, 0.25) is 0 Å². The van der Waals surface area contributed by atoms with Gasteiger partial charge < -0.3 is 14.0 Å². The average molecular weight is 674 g/mol. The van der Waals surface area contributed by atoms with Crippen molar-refractivity contribution < 1.29 is 8.22 Å². The van der Waals surface area contributed by atoms with Crippen molar-refractivity contribution in [2.75, 3.05) is 4.90 Å². The fourth-order valence-corrected chi connectivity index (χ4v) is 10.4. The molecule has 12 rings (SSSR count). The van der Waals surface area contributed by atoms with E-state index in [2.05, 4.69) is 117 Å². The number of fused-ring (bicyclic) bond motifs is 13. The lowest BCUT2D eigenvalue weighted by atomic mass is 9.36. The summed E-state index contributed by atoms with van der Waals surface area (Å²) < 4.78 is 56.4. The zero-order valence-corrected chi connectivity index (χ0v) is 28.0.